The van der Waals surface area contributed by atoms with Crippen LogP contribution in [-0.2, 0) is 10.0 Å². The fraction of sp³-hybridized carbons (Fsp3) is 0.676. The third-order valence-corrected chi connectivity index (χ3v) is 14.2. The first-order chi connectivity index (χ1) is 21.0. The Kier molecular flexibility index (Phi) is 8.99. The minimum atomic E-state index is -3.69. The van der Waals surface area contributed by atoms with Gasteiger partial charge in [0, 0.05) is 37.1 Å². The first-order valence-electron chi connectivity index (χ1n) is 17.3. The Hall–Kier alpha value is -1.93. The first-order valence-corrected chi connectivity index (χ1v) is 18.8. The normalized spacial score (nSPS) is 34.1. The van der Waals surface area contributed by atoms with Crippen molar-refractivity contribution in [1.82, 2.24) is 10.3 Å². The Morgan fingerprint density at radius 2 is 1.75 bits per heavy atom. The molecule has 0 spiro atoms. The summed E-state index contributed by atoms with van der Waals surface area (Å²) in [6.07, 6.45) is 15.4. The zero-order valence-electron chi connectivity index (χ0n) is 27.6. The summed E-state index contributed by atoms with van der Waals surface area (Å²) in [7, 11) is 0.256. The molecule has 44 heavy (non-hydrogen) atoms. The van der Waals surface area contributed by atoms with E-state index in [9.17, 15) is 13.5 Å². The Morgan fingerprint density at radius 1 is 0.977 bits per heavy atom. The van der Waals surface area contributed by atoms with Gasteiger partial charge in [-0.3, -0.25) is 0 Å². The zero-order valence-corrected chi connectivity index (χ0v) is 28.4. The maximum Gasteiger partial charge on any atom is 0.253 e. The fourth-order valence-electron chi connectivity index (χ4n) is 10.6. The number of aliphatic hydroxyl groups is 1. The summed E-state index contributed by atoms with van der Waals surface area (Å²) >= 11 is 0. The van der Waals surface area contributed by atoms with Crippen molar-refractivity contribution in [3.8, 4) is 0 Å². The molecule has 3 saturated carbocycles. The number of hydrogen-bond donors (Lipinski definition) is 3. The van der Waals surface area contributed by atoms with Gasteiger partial charge in [-0.2, -0.15) is 0 Å². The molecule has 4 aliphatic carbocycles. The van der Waals surface area contributed by atoms with Crippen LogP contribution in [0.4, 0.5) is 5.69 Å². The molecule has 0 amide bonds. The van der Waals surface area contributed by atoms with E-state index in [1.807, 2.05) is 49.3 Å². The number of sulfonamides is 1. The van der Waals surface area contributed by atoms with Crippen molar-refractivity contribution in [2.45, 2.75) is 102 Å². The number of allylic oxidation sites excluding steroid dienone is 1. The molecule has 0 saturated heterocycles. The molecule has 0 aromatic heterocycles. The van der Waals surface area contributed by atoms with Crippen LogP contribution in [-0.4, -0.2) is 40.3 Å². The van der Waals surface area contributed by atoms with Crippen molar-refractivity contribution in [2.75, 3.05) is 25.5 Å². The number of benzene rings is 2. The molecule has 3 fully saturated rings. The second-order valence-electron chi connectivity index (χ2n) is 15.4. The molecule has 8 atom stereocenters. The van der Waals surface area contributed by atoms with E-state index in [2.05, 4.69) is 37.1 Å². The van der Waals surface area contributed by atoms with Gasteiger partial charge in [-0.25, -0.2) is 13.8 Å². The van der Waals surface area contributed by atoms with Gasteiger partial charge in [-0.1, -0.05) is 69.5 Å². The SMILES string of the molecule is C[C@H](CCCCNNS(=O)(=O)c1cccc2c(N(C)C)cccc12)[C@H]1CCC2C3CC=C4C[C@@H](O)CC[C@]4(C)C3CC[C@@]21C. The Labute approximate surface area is 266 Å². The van der Waals surface area contributed by atoms with Crippen molar-refractivity contribution < 1.29 is 13.5 Å². The van der Waals surface area contributed by atoms with Crippen LogP contribution in [0.5, 0.6) is 0 Å². The van der Waals surface area contributed by atoms with E-state index < -0.39 is 10.0 Å². The maximum absolute atomic E-state index is 13.2. The van der Waals surface area contributed by atoms with Crippen molar-refractivity contribution in [3.05, 3.63) is 48.0 Å². The molecule has 6 nitrogen and oxygen atoms in total. The number of hydrazine groups is 1. The fourth-order valence-corrected chi connectivity index (χ4v) is 11.7. The van der Waals surface area contributed by atoms with E-state index in [0.717, 1.165) is 72.2 Å². The van der Waals surface area contributed by atoms with Crippen LogP contribution in [0.2, 0.25) is 0 Å². The van der Waals surface area contributed by atoms with Crippen molar-refractivity contribution in [2.24, 2.45) is 40.4 Å². The molecule has 2 aromatic rings. The zero-order chi connectivity index (χ0) is 31.3. The highest BCUT2D eigenvalue weighted by atomic mass is 32.2. The third kappa shape index (κ3) is 5.65. The van der Waals surface area contributed by atoms with Gasteiger partial charge in [0.1, 0.15) is 0 Å². The van der Waals surface area contributed by atoms with Crippen LogP contribution in [0.3, 0.4) is 0 Å². The predicted octanol–water partition coefficient (Wildman–Crippen LogP) is 7.44. The molecule has 242 valence electrons. The Morgan fingerprint density at radius 3 is 2.55 bits per heavy atom. The van der Waals surface area contributed by atoms with Crippen LogP contribution < -0.4 is 15.2 Å². The van der Waals surface area contributed by atoms with E-state index in [1.165, 1.54) is 38.5 Å². The Bertz CT molecular complexity index is 1490. The molecule has 0 aliphatic heterocycles. The lowest BCUT2D eigenvalue weighted by molar-refractivity contribution is -0.0572. The molecule has 0 radical (unpaired) electrons. The number of unbranched alkanes of at least 4 members (excludes halogenated alkanes) is 1. The Balaban J connectivity index is 1.00. The summed E-state index contributed by atoms with van der Waals surface area (Å²) in [5, 5.41) is 12.0. The average Bonchev–Trinajstić information content (AvgIpc) is 3.35. The number of anilines is 1. The molecular formula is C37H55N3O3S. The molecule has 3 unspecified atom stereocenters. The van der Waals surface area contributed by atoms with E-state index in [1.54, 1.807) is 11.6 Å². The van der Waals surface area contributed by atoms with Gasteiger partial charge < -0.3 is 10.0 Å². The predicted molar refractivity (Wildman–Crippen MR) is 181 cm³/mol. The highest BCUT2D eigenvalue weighted by Gasteiger charge is 2.59. The average molecular weight is 622 g/mol. The molecule has 6 rings (SSSR count). The summed E-state index contributed by atoms with van der Waals surface area (Å²) in [6, 6.07) is 11.3. The minimum Gasteiger partial charge on any atom is -0.393 e. The smallest absolute Gasteiger partial charge is 0.253 e. The minimum absolute atomic E-state index is 0.132. The molecule has 0 heterocycles. The largest absolute Gasteiger partial charge is 0.393 e. The monoisotopic (exact) mass is 621 g/mol. The number of fused-ring (bicyclic) bond motifs is 6. The lowest BCUT2D eigenvalue weighted by Gasteiger charge is -2.58. The van der Waals surface area contributed by atoms with Crippen molar-refractivity contribution in [3.63, 3.8) is 0 Å². The van der Waals surface area contributed by atoms with Gasteiger partial charge >= 0.3 is 0 Å². The van der Waals surface area contributed by atoms with Crippen LogP contribution in [0, 0.1) is 40.4 Å². The second-order valence-corrected chi connectivity index (χ2v) is 17.1. The summed E-state index contributed by atoms with van der Waals surface area (Å²) in [5.41, 5.74) is 6.33. The summed E-state index contributed by atoms with van der Waals surface area (Å²) in [6.45, 7) is 8.25. The van der Waals surface area contributed by atoms with Crippen LogP contribution in [0.1, 0.15) is 91.4 Å². The lowest BCUT2D eigenvalue weighted by atomic mass is 9.47. The summed E-state index contributed by atoms with van der Waals surface area (Å²) in [4.78, 5) is 4.96. The van der Waals surface area contributed by atoms with Gasteiger partial charge in [0.15, 0.2) is 0 Å². The summed E-state index contributed by atoms with van der Waals surface area (Å²) < 4.78 is 26.4. The number of aliphatic hydroxyl groups excluding tert-OH is 1. The van der Waals surface area contributed by atoms with E-state index in [4.69, 9.17) is 0 Å². The standard InChI is InChI=1S/C37H55N3O3S/c1-25(10-6-7-23-38-39-44(42,43)35-14-9-11-28-29(35)12-8-13-34(28)40(4)5)31-17-18-32-30-16-15-26-24-27(41)19-21-36(26,2)33(30)20-22-37(31,32)3/h8-9,11-15,25,27,30-33,38-39,41H,6-7,10,16-24H2,1-5H3/t25-,27+,30?,31-,32?,33?,36+,37-/m1/s1. The molecule has 3 N–H and O–H groups in total. The maximum atomic E-state index is 13.2. The van der Waals surface area contributed by atoms with E-state index in [0.29, 0.717) is 28.2 Å². The lowest BCUT2D eigenvalue weighted by Crippen LogP contribution is -2.50. The van der Waals surface area contributed by atoms with Gasteiger partial charge in [-0.05, 0) is 110 Å². The number of nitrogens with zero attached hydrogens (tertiary/aromatic N) is 1. The molecular weight excluding hydrogens is 566 g/mol. The third-order valence-electron chi connectivity index (χ3n) is 12.9. The number of rotatable bonds is 10. The van der Waals surface area contributed by atoms with Gasteiger partial charge in [0.2, 0.25) is 0 Å². The second kappa shape index (κ2) is 12.4. The molecule has 0 bridgehead atoms. The molecule has 4 aliphatic rings. The first kappa shape index (κ1) is 32.0. The van der Waals surface area contributed by atoms with Gasteiger partial charge in [0.25, 0.3) is 10.0 Å². The quantitative estimate of drug-likeness (QED) is 0.146. The van der Waals surface area contributed by atoms with Crippen molar-refractivity contribution in [1.29, 1.82) is 0 Å². The van der Waals surface area contributed by atoms with Gasteiger partial charge in [-0.15, -0.1) is 4.83 Å². The van der Waals surface area contributed by atoms with E-state index in [-0.39, 0.29) is 6.10 Å². The number of nitrogens with one attached hydrogen (secondary N) is 2. The highest BCUT2D eigenvalue weighted by Crippen LogP contribution is 2.67. The van der Waals surface area contributed by atoms with Crippen molar-refractivity contribution >= 4 is 26.5 Å². The topological polar surface area (TPSA) is 81.7 Å². The summed E-state index contributed by atoms with van der Waals surface area (Å²) in [5.74, 6) is 3.90. The molecule has 2 aromatic carbocycles. The van der Waals surface area contributed by atoms with Crippen LogP contribution in [0.15, 0.2) is 52.9 Å². The highest BCUT2D eigenvalue weighted by molar-refractivity contribution is 7.89. The molecule has 7 heteroatoms. The number of hydrogen-bond acceptors (Lipinski definition) is 5. The van der Waals surface area contributed by atoms with Gasteiger partial charge in [0.05, 0.1) is 11.0 Å². The van der Waals surface area contributed by atoms with Crippen LogP contribution in [0.25, 0.3) is 10.8 Å². The van der Waals surface area contributed by atoms with E-state index >= 15 is 0 Å². The van der Waals surface area contributed by atoms with Crippen LogP contribution >= 0.6 is 0 Å².